The van der Waals surface area contributed by atoms with Crippen molar-refractivity contribution in [1.82, 2.24) is 15.1 Å². The zero-order valence-corrected chi connectivity index (χ0v) is 14.0. The number of rotatable bonds is 8. The molecule has 1 fully saturated rings. The number of hydrogen-bond acceptors (Lipinski definition) is 3. The molecule has 0 aromatic rings. The van der Waals surface area contributed by atoms with Gasteiger partial charge in [-0.15, -0.1) is 0 Å². The van der Waals surface area contributed by atoms with Gasteiger partial charge in [-0.1, -0.05) is 20.8 Å². The van der Waals surface area contributed by atoms with Crippen LogP contribution in [0.25, 0.3) is 0 Å². The molecule has 0 aliphatic carbocycles. The van der Waals surface area contributed by atoms with Crippen molar-refractivity contribution in [2.45, 2.75) is 59.0 Å². The zero-order chi connectivity index (χ0) is 14.5. The fourth-order valence-electron chi connectivity index (χ4n) is 3.03. The van der Waals surface area contributed by atoms with E-state index in [1.807, 2.05) is 0 Å². The Kier molecular flexibility index (Phi) is 6.78. The molecule has 19 heavy (non-hydrogen) atoms. The molecule has 3 heteroatoms. The summed E-state index contributed by atoms with van der Waals surface area (Å²) in [7, 11) is 4.38. The van der Waals surface area contributed by atoms with Gasteiger partial charge in [0.05, 0.1) is 0 Å². The summed E-state index contributed by atoms with van der Waals surface area (Å²) in [6.07, 6.45) is 3.95. The highest BCUT2D eigenvalue weighted by Crippen LogP contribution is 2.27. The Labute approximate surface area is 120 Å². The highest BCUT2D eigenvalue weighted by molar-refractivity contribution is 4.89. The van der Waals surface area contributed by atoms with Crippen LogP contribution in [0.3, 0.4) is 0 Å². The Morgan fingerprint density at radius 2 is 2.05 bits per heavy atom. The van der Waals surface area contributed by atoms with E-state index < -0.39 is 0 Å². The smallest absolute Gasteiger partial charge is 0.0223 e. The molecule has 1 N–H and O–H groups in total. The molecule has 0 saturated carbocycles. The van der Waals surface area contributed by atoms with E-state index in [4.69, 9.17) is 0 Å². The molecular weight excluding hydrogens is 234 g/mol. The van der Waals surface area contributed by atoms with Gasteiger partial charge in [-0.05, 0) is 58.8 Å². The molecule has 1 saturated heterocycles. The molecule has 1 aliphatic rings. The summed E-state index contributed by atoms with van der Waals surface area (Å²) in [6, 6.07) is 1.33. The maximum Gasteiger partial charge on any atom is 0.0223 e. The summed E-state index contributed by atoms with van der Waals surface area (Å²) < 4.78 is 0. The van der Waals surface area contributed by atoms with Crippen LogP contribution in [0.2, 0.25) is 0 Å². The molecule has 114 valence electrons. The third-order valence-electron chi connectivity index (χ3n) is 4.56. The highest BCUT2D eigenvalue weighted by atomic mass is 15.2. The first-order valence-electron chi connectivity index (χ1n) is 7.99. The van der Waals surface area contributed by atoms with E-state index in [9.17, 15) is 0 Å². The Bertz CT molecular complexity index is 250. The first-order chi connectivity index (χ1) is 8.86. The van der Waals surface area contributed by atoms with Crippen molar-refractivity contribution >= 4 is 0 Å². The van der Waals surface area contributed by atoms with E-state index >= 15 is 0 Å². The molecule has 0 amide bonds. The van der Waals surface area contributed by atoms with Crippen LogP contribution in [-0.2, 0) is 0 Å². The summed E-state index contributed by atoms with van der Waals surface area (Å²) in [5.41, 5.74) is 0.337. The molecule has 1 aliphatic heterocycles. The van der Waals surface area contributed by atoms with Gasteiger partial charge >= 0.3 is 0 Å². The zero-order valence-electron chi connectivity index (χ0n) is 14.0. The second-order valence-electron chi connectivity index (χ2n) is 7.19. The Morgan fingerprint density at radius 3 is 2.63 bits per heavy atom. The Morgan fingerprint density at radius 1 is 1.37 bits per heavy atom. The normalized spacial score (nSPS) is 23.2. The maximum absolute atomic E-state index is 3.67. The lowest BCUT2D eigenvalue weighted by Gasteiger charge is -2.39. The van der Waals surface area contributed by atoms with Crippen molar-refractivity contribution in [2.75, 3.05) is 40.3 Å². The van der Waals surface area contributed by atoms with Crippen LogP contribution in [0, 0.1) is 5.41 Å². The van der Waals surface area contributed by atoms with Crippen LogP contribution in [0.5, 0.6) is 0 Å². The molecule has 0 radical (unpaired) electrons. The van der Waals surface area contributed by atoms with Gasteiger partial charge in [0.1, 0.15) is 0 Å². The van der Waals surface area contributed by atoms with Gasteiger partial charge in [-0.25, -0.2) is 0 Å². The van der Waals surface area contributed by atoms with Crippen LogP contribution in [0.1, 0.15) is 47.0 Å². The van der Waals surface area contributed by atoms with E-state index in [0.29, 0.717) is 11.5 Å². The molecule has 0 spiro atoms. The lowest BCUT2D eigenvalue weighted by atomic mass is 9.84. The van der Waals surface area contributed by atoms with Gasteiger partial charge in [0.2, 0.25) is 0 Å². The summed E-state index contributed by atoms with van der Waals surface area (Å²) in [5.74, 6) is 0. The third kappa shape index (κ3) is 5.41. The third-order valence-corrected chi connectivity index (χ3v) is 4.56. The second kappa shape index (κ2) is 7.61. The first-order valence-corrected chi connectivity index (χ1v) is 7.99. The Balaban J connectivity index is 2.50. The molecular formula is C16H35N3. The highest BCUT2D eigenvalue weighted by Gasteiger charge is 2.33. The molecule has 2 atom stereocenters. The van der Waals surface area contributed by atoms with E-state index in [-0.39, 0.29) is 0 Å². The average molecular weight is 269 g/mol. The van der Waals surface area contributed by atoms with Gasteiger partial charge < -0.3 is 10.2 Å². The maximum atomic E-state index is 3.67. The average Bonchev–Trinajstić information content (AvgIpc) is 2.71. The molecule has 1 heterocycles. The summed E-state index contributed by atoms with van der Waals surface area (Å²) in [4.78, 5) is 5.04. The van der Waals surface area contributed by atoms with Crippen LogP contribution in [-0.4, -0.2) is 62.2 Å². The molecule has 2 unspecified atom stereocenters. The molecule has 1 rings (SSSR count). The van der Waals surface area contributed by atoms with Gasteiger partial charge in [0, 0.05) is 25.2 Å². The van der Waals surface area contributed by atoms with Gasteiger partial charge in [0.25, 0.3) is 0 Å². The number of likely N-dealkylation sites (N-methyl/N-ethyl adjacent to an activating group) is 1. The van der Waals surface area contributed by atoms with Crippen LogP contribution >= 0.6 is 0 Å². The van der Waals surface area contributed by atoms with Crippen molar-refractivity contribution < 1.29 is 0 Å². The topological polar surface area (TPSA) is 18.5 Å². The minimum Gasteiger partial charge on any atom is -0.314 e. The van der Waals surface area contributed by atoms with E-state index in [1.54, 1.807) is 0 Å². The predicted molar refractivity (Wildman–Crippen MR) is 84.7 cm³/mol. The quantitative estimate of drug-likeness (QED) is 0.730. The van der Waals surface area contributed by atoms with Crippen LogP contribution < -0.4 is 5.32 Å². The van der Waals surface area contributed by atoms with Crippen molar-refractivity contribution in [3.05, 3.63) is 0 Å². The van der Waals surface area contributed by atoms with Crippen molar-refractivity contribution in [1.29, 1.82) is 0 Å². The standard InChI is InChI=1S/C16H35N3/c1-7-10-17-14(2)16(3,4)13-19-11-8-9-15(19)12-18(5)6/h14-15,17H,7-13H2,1-6H3. The van der Waals surface area contributed by atoms with E-state index in [2.05, 4.69) is 56.9 Å². The monoisotopic (exact) mass is 269 g/mol. The van der Waals surface area contributed by atoms with Crippen LogP contribution in [0.15, 0.2) is 0 Å². The fraction of sp³-hybridized carbons (Fsp3) is 1.00. The van der Waals surface area contributed by atoms with Gasteiger partial charge in [0.15, 0.2) is 0 Å². The van der Waals surface area contributed by atoms with Crippen molar-refractivity contribution in [3.8, 4) is 0 Å². The SMILES string of the molecule is CCCNC(C)C(C)(C)CN1CCCC1CN(C)C. The van der Waals surface area contributed by atoms with E-state index in [1.165, 1.54) is 38.9 Å². The minimum atomic E-state index is 0.337. The lowest BCUT2D eigenvalue weighted by Crippen LogP contribution is -2.49. The molecule has 0 aromatic heterocycles. The second-order valence-corrected chi connectivity index (χ2v) is 7.19. The van der Waals surface area contributed by atoms with E-state index in [0.717, 1.165) is 12.6 Å². The number of nitrogens with one attached hydrogen (secondary N) is 1. The first kappa shape index (κ1) is 16.9. The summed E-state index contributed by atoms with van der Waals surface area (Å²) >= 11 is 0. The van der Waals surface area contributed by atoms with Crippen LogP contribution in [0.4, 0.5) is 0 Å². The Hall–Kier alpha value is -0.120. The molecule has 0 bridgehead atoms. The van der Waals surface area contributed by atoms with Gasteiger partial charge in [-0.2, -0.15) is 0 Å². The number of hydrogen-bond donors (Lipinski definition) is 1. The largest absolute Gasteiger partial charge is 0.314 e. The van der Waals surface area contributed by atoms with Crippen molar-refractivity contribution in [2.24, 2.45) is 5.41 Å². The minimum absolute atomic E-state index is 0.337. The lowest BCUT2D eigenvalue weighted by molar-refractivity contribution is 0.119. The summed E-state index contributed by atoms with van der Waals surface area (Å²) in [6.45, 7) is 14.2. The predicted octanol–water partition coefficient (Wildman–Crippen LogP) is 2.43. The number of likely N-dealkylation sites (tertiary alicyclic amines) is 1. The molecule has 0 aromatic carbocycles. The molecule has 3 nitrogen and oxygen atoms in total. The number of nitrogens with zero attached hydrogens (tertiary/aromatic N) is 2. The fourth-order valence-corrected chi connectivity index (χ4v) is 3.03. The summed E-state index contributed by atoms with van der Waals surface area (Å²) in [5, 5.41) is 3.67. The van der Waals surface area contributed by atoms with Crippen molar-refractivity contribution in [3.63, 3.8) is 0 Å². The van der Waals surface area contributed by atoms with Gasteiger partial charge in [-0.3, -0.25) is 4.90 Å².